The molecule has 138 valence electrons. The first-order valence-corrected chi connectivity index (χ1v) is 10.1. The van der Waals surface area contributed by atoms with Crippen LogP contribution in [0.4, 0.5) is 0 Å². The number of pyridine rings is 1. The molecule has 0 spiro atoms. The van der Waals surface area contributed by atoms with Crippen LogP contribution < -0.4 is 0 Å². The van der Waals surface area contributed by atoms with Crippen molar-refractivity contribution in [2.75, 3.05) is 13.1 Å². The minimum Gasteiger partial charge on any atom is -0.346 e. The lowest BCUT2D eigenvalue weighted by Crippen LogP contribution is -2.41. The number of H-pyrrole nitrogens is 1. The molecule has 1 aromatic carbocycles. The lowest BCUT2D eigenvalue weighted by molar-refractivity contribution is -0.138. The van der Waals surface area contributed by atoms with Crippen LogP contribution in [0.25, 0.3) is 11.0 Å². The first-order chi connectivity index (χ1) is 13.2. The Morgan fingerprint density at radius 1 is 1.11 bits per heavy atom. The number of fused-ring (bicyclic) bond motifs is 1. The molecule has 1 amide bonds. The number of hydrogen-bond acceptors (Lipinski definition) is 2. The van der Waals surface area contributed by atoms with Gasteiger partial charge < -0.3 is 9.88 Å². The van der Waals surface area contributed by atoms with Crippen LogP contribution in [-0.2, 0) is 4.79 Å². The molecule has 27 heavy (non-hydrogen) atoms. The van der Waals surface area contributed by atoms with E-state index in [0.29, 0.717) is 11.8 Å². The highest BCUT2D eigenvalue weighted by atomic mass is 35.5. The van der Waals surface area contributed by atoms with Crippen molar-refractivity contribution < 1.29 is 4.79 Å². The van der Waals surface area contributed by atoms with Crippen LogP contribution in [0.2, 0.25) is 5.02 Å². The fraction of sp³-hybridized carbons (Fsp3) is 0.364. The number of likely N-dealkylation sites (tertiary alicyclic amines) is 1. The number of aromatic amines is 1. The summed E-state index contributed by atoms with van der Waals surface area (Å²) in [6, 6.07) is 12.0. The molecule has 1 N–H and O–H groups in total. The van der Waals surface area contributed by atoms with Gasteiger partial charge in [0.2, 0.25) is 5.91 Å². The van der Waals surface area contributed by atoms with Gasteiger partial charge in [-0.05, 0) is 54.5 Å². The van der Waals surface area contributed by atoms with Crippen molar-refractivity contribution >= 4 is 28.5 Å². The van der Waals surface area contributed by atoms with Crippen molar-refractivity contribution in [3.8, 4) is 0 Å². The van der Waals surface area contributed by atoms with Crippen molar-refractivity contribution in [3.63, 3.8) is 0 Å². The number of carbonyl (C=O) groups is 1. The van der Waals surface area contributed by atoms with Gasteiger partial charge in [-0.1, -0.05) is 29.8 Å². The highest BCUT2D eigenvalue weighted by Gasteiger charge is 2.42. The minimum atomic E-state index is 0.0771. The summed E-state index contributed by atoms with van der Waals surface area (Å²) < 4.78 is 0. The van der Waals surface area contributed by atoms with Crippen molar-refractivity contribution in [3.05, 3.63) is 64.9 Å². The van der Waals surface area contributed by atoms with Crippen molar-refractivity contribution in [1.29, 1.82) is 0 Å². The zero-order valence-electron chi connectivity index (χ0n) is 15.1. The van der Waals surface area contributed by atoms with Gasteiger partial charge in [-0.15, -0.1) is 0 Å². The van der Waals surface area contributed by atoms with Crippen LogP contribution in [-0.4, -0.2) is 33.9 Å². The van der Waals surface area contributed by atoms with Crippen LogP contribution in [0, 0.1) is 5.92 Å². The molecule has 5 rings (SSSR count). The van der Waals surface area contributed by atoms with E-state index in [0.717, 1.165) is 48.6 Å². The normalized spacial score (nSPS) is 24.9. The van der Waals surface area contributed by atoms with Gasteiger partial charge in [-0.2, -0.15) is 0 Å². The van der Waals surface area contributed by atoms with Crippen LogP contribution in [0.3, 0.4) is 0 Å². The number of nitrogens with zero attached hydrogens (tertiary/aromatic N) is 2. The summed E-state index contributed by atoms with van der Waals surface area (Å²) in [6.07, 6.45) is 6.89. The second-order valence-electron chi connectivity index (χ2n) is 7.73. The maximum atomic E-state index is 13.2. The smallest absolute Gasteiger partial charge is 0.226 e. The summed E-state index contributed by atoms with van der Waals surface area (Å²) in [4.78, 5) is 22.9. The zero-order valence-corrected chi connectivity index (χ0v) is 15.8. The van der Waals surface area contributed by atoms with E-state index in [1.54, 1.807) is 6.20 Å². The Morgan fingerprint density at radius 2 is 2.00 bits per heavy atom. The first-order valence-electron chi connectivity index (χ1n) is 9.67. The molecule has 1 saturated heterocycles. The van der Waals surface area contributed by atoms with E-state index in [2.05, 4.69) is 33.2 Å². The van der Waals surface area contributed by atoms with E-state index in [1.165, 1.54) is 10.9 Å². The van der Waals surface area contributed by atoms with E-state index in [9.17, 15) is 4.79 Å². The highest BCUT2D eigenvalue weighted by Crippen LogP contribution is 2.46. The Balaban J connectivity index is 1.32. The zero-order chi connectivity index (χ0) is 18.4. The van der Waals surface area contributed by atoms with E-state index < -0.39 is 0 Å². The van der Waals surface area contributed by atoms with Crippen molar-refractivity contribution in [2.24, 2.45) is 5.92 Å². The van der Waals surface area contributed by atoms with Crippen molar-refractivity contribution in [1.82, 2.24) is 14.9 Å². The van der Waals surface area contributed by atoms with Gasteiger partial charge >= 0.3 is 0 Å². The number of carbonyl (C=O) groups excluding carboxylic acids is 1. The molecule has 3 unspecified atom stereocenters. The second-order valence-corrected chi connectivity index (χ2v) is 8.13. The van der Waals surface area contributed by atoms with Gasteiger partial charge in [0.25, 0.3) is 0 Å². The molecule has 5 heteroatoms. The summed E-state index contributed by atoms with van der Waals surface area (Å²) in [5.74, 6) is 1.02. The van der Waals surface area contributed by atoms with Crippen LogP contribution in [0.15, 0.2) is 48.8 Å². The number of hydrogen-bond donors (Lipinski definition) is 1. The molecular weight excluding hydrogens is 358 g/mol. The summed E-state index contributed by atoms with van der Waals surface area (Å²) in [7, 11) is 0. The Bertz CT molecular complexity index is 998. The van der Waals surface area contributed by atoms with E-state index in [1.807, 2.05) is 24.3 Å². The lowest BCUT2D eigenvalue weighted by atomic mass is 9.69. The van der Waals surface area contributed by atoms with Gasteiger partial charge in [-0.3, -0.25) is 4.79 Å². The summed E-state index contributed by atoms with van der Waals surface area (Å²) in [5, 5.41) is 1.96. The second kappa shape index (κ2) is 6.68. The van der Waals surface area contributed by atoms with Gasteiger partial charge in [0.05, 0.1) is 0 Å². The summed E-state index contributed by atoms with van der Waals surface area (Å²) >= 11 is 6.37. The number of benzene rings is 1. The molecule has 0 radical (unpaired) electrons. The van der Waals surface area contributed by atoms with Crippen LogP contribution in [0.5, 0.6) is 0 Å². The molecule has 2 fully saturated rings. The molecule has 2 aromatic heterocycles. The fourth-order valence-corrected chi connectivity index (χ4v) is 4.98. The van der Waals surface area contributed by atoms with Gasteiger partial charge in [0, 0.05) is 47.7 Å². The third-order valence-electron chi connectivity index (χ3n) is 6.32. The molecule has 1 aliphatic carbocycles. The minimum absolute atomic E-state index is 0.0771. The summed E-state index contributed by atoms with van der Waals surface area (Å²) in [6.45, 7) is 1.63. The van der Waals surface area contributed by atoms with E-state index in [4.69, 9.17) is 11.6 Å². The Hall–Kier alpha value is -2.33. The fourth-order valence-electron chi connectivity index (χ4n) is 4.71. The largest absolute Gasteiger partial charge is 0.346 e. The average Bonchev–Trinajstić information content (AvgIpc) is 3.29. The molecule has 1 aliphatic heterocycles. The number of rotatable bonds is 3. The van der Waals surface area contributed by atoms with Crippen LogP contribution >= 0.6 is 11.6 Å². The molecule has 4 nitrogen and oxygen atoms in total. The van der Waals surface area contributed by atoms with Gasteiger partial charge in [0.1, 0.15) is 5.65 Å². The quantitative estimate of drug-likeness (QED) is 0.715. The average molecular weight is 380 g/mol. The molecule has 2 aliphatic rings. The van der Waals surface area contributed by atoms with Gasteiger partial charge in [-0.25, -0.2) is 4.98 Å². The number of aromatic nitrogens is 2. The number of halogens is 1. The molecule has 3 aromatic rings. The van der Waals surface area contributed by atoms with Gasteiger partial charge in [0.15, 0.2) is 0 Å². The predicted octanol–water partition coefficient (Wildman–Crippen LogP) is 4.73. The van der Waals surface area contributed by atoms with Crippen LogP contribution in [0.1, 0.15) is 42.2 Å². The first kappa shape index (κ1) is 16.8. The maximum absolute atomic E-state index is 13.2. The lowest BCUT2D eigenvalue weighted by Gasteiger charge is -2.38. The third kappa shape index (κ3) is 2.83. The number of amides is 1. The third-order valence-corrected chi connectivity index (χ3v) is 6.66. The van der Waals surface area contributed by atoms with Crippen molar-refractivity contribution in [2.45, 2.75) is 31.1 Å². The molecule has 0 bridgehead atoms. The Kier molecular flexibility index (Phi) is 4.16. The standard InChI is InChI=1S/C22H22ClN3O/c23-20-6-2-1-4-16(20)15-7-8-18(15)22(27)26-11-9-14(13-26)19-12-25-21-17(19)5-3-10-24-21/h1-6,10,12,14-15,18H,7-9,11,13H2,(H,24,25). The molecule has 3 atom stereocenters. The molecule has 3 heterocycles. The highest BCUT2D eigenvalue weighted by molar-refractivity contribution is 6.31. The monoisotopic (exact) mass is 379 g/mol. The van der Waals surface area contributed by atoms with E-state index >= 15 is 0 Å². The molecular formula is C22H22ClN3O. The van der Waals surface area contributed by atoms with E-state index in [-0.39, 0.29) is 11.8 Å². The maximum Gasteiger partial charge on any atom is 0.226 e. The molecule has 1 saturated carbocycles. The Morgan fingerprint density at radius 3 is 2.81 bits per heavy atom. The Labute approximate surface area is 163 Å². The summed E-state index contributed by atoms with van der Waals surface area (Å²) in [5.41, 5.74) is 3.34. The number of nitrogens with one attached hydrogen (secondary N) is 1. The predicted molar refractivity (Wildman–Crippen MR) is 107 cm³/mol. The topological polar surface area (TPSA) is 49.0 Å². The SMILES string of the molecule is O=C(C1CCC1c1ccccc1Cl)N1CCC(c2c[nH]c3ncccc23)C1.